The third-order valence-corrected chi connectivity index (χ3v) is 4.55. The van der Waals surface area contributed by atoms with Crippen molar-refractivity contribution >= 4 is 17.2 Å². The van der Waals surface area contributed by atoms with Crippen LogP contribution in [-0.4, -0.2) is 6.36 Å². The lowest BCUT2D eigenvalue weighted by Gasteiger charge is -2.09. The molecular weight excluding hydrogens is 373 g/mol. The van der Waals surface area contributed by atoms with E-state index in [9.17, 15) is 13.2 Å². The second-order valence-electron chi connectivity index (χ2n) is 6.61. The monoisotopic (exact) mass is 390 g/mol. The van der Waals surface area contributed by atoms with Crippen LogP contribution in [0.15, 0.2) is 103 Å². The van der Waals surface area contributed by atoms with Crippen molar-refractivity contribution in [3.8, 4) is 5.75 Å². The molecule has 3 aromatic carbocycles. The van der Waals surface area contributed by atoms with Gasteiger partial charge in [0.25, 0.3) is 0 Å². The van der Waals surface area contributed by atoms with E-state index in [4.69, 9.17) is 0 Å². The van der Waals surface area contributed by atoms with Gasteiger partial charge in [-0.25, -0.2) is 0 Å². The number of alkyl halides is 3. The fraction of sp³-hybridized carbons (Fsp3) is 0.0400. The molecule has 0 heterocycles. The zero-order chi connectivity index (χ0) is 20.3. The fourth-order valence-corrected chi connectivity index (χ4v) is 3.26. The van der Waals surface area contributed by atoms with Crippen LogP contribution in [-0.2, 0) is 0 Å². The number of allylic oxidation sites excluding steroid dienone is 5. The van der Waals surface area contributed by atoms with E-state index in [-0.39, 0.29) is 5.75 Å². The molecule has 4 rings (SSSR count). The van der Waals surface area contributed by atoms with E-state index in [1.807, 2.05) is 54.6 Å². The van der Waals surface area contributed by atoms with Gasteiger partial charge in [0.2, 0.25) is 0 Å². The smallest absolute Gasteiger partial charge is 0.406 e. The average molecular weight is 390 g/mol. The number of hydrogen-bond acceptors (Lipinski definition) is 1. The van der Waals surface area contributed by atoms with Gasteiger partial charge in [-0.1, -0.05) is 72.8 Å². The van der Waals surface area contributed by atoms with Gasteiger partial charge in [-0.15, -0.1) is 13.2 Å². The van der Waals surface area contributed by atoms with Crippen LogP contribution in [0.4, 0.5) is 13.2 Å². The highest BCUT2D eigenvalue weighted by atomic mass is 19.4. The summed E-state index contributed by atoms with van der Waals surface area (Å²) in [7, 11) is 0. The molecule has 0 aromatic heterocycles. The van der Waals surface area contributed by atoms with Crippen LogP contribution >= 0.6 is 0 Å². The molecule has 3 aromatic rings. The second-order valence-corrected chi connectivity index (χ2v) is 6.61. The maximum absolute atomic E-state index is 12.4. The molecule has 29 heavy (non-hydrogen) atoms. The summed E-state index contributed by atoms with van der Waals surface area (Å²) in [6.45, 7) is 0. The first-order valence-corrected chi connectivity index (χ1v) is 9.10. The predicted octanol–water partition coefficient (Wildman–Crippen LogP) is 7.15. The molecule has 0 spiro atoms. The predicted molar refractivity (Wildman–Crippen MR) is 110 cm³/mol. The van der Waals surface area contributed by atoms with Crippen LogP contribution in [0.25, 0.3) is 17.2 Å². The quantitative estimate of drug-likeness (QED) is 0.460. The van der Waals surface area contributed by atoms with Crippen LogP contribution in [0.2, 0.25) is 0 Å². The molecule has 0 fully saturated rings. The molecule has 0 saturated heterocycles. The zero-order valence-electron chi connectivity index (χ0n) is 15.4. The summed E-state index contributed by atoms with van der Waals surface area (Å²) in [5.41, 5.74) is 6.14. The first-order valence-electron chi connectivity index (χ1n) is 9.10. The van der Waals surface area contributed by atoms with Crippen LogP contribution in [0.5, 0.6) is 5.75 Å². The Hall–Kier alpha value is -3.53. The molecule has 1 aliphatic carbocycles. The number of benzene rings is 3. The Bertz CT molecular complexity index is 1070. The van der Waals surface area contributed by atoms with Gasteiger partial charge in [-0.2, -0.15) is 0 Å². The Balaban J connectivity index is 1.70. The topological polar surface area (TPSA) is 9.23 Å². The van der Waals surface area contributed by atoms with Crippen molar-refractivity contribution in [3.05, 3.63) is 119 Å². The van der Waals surface area contributed by atoms with Crippen LogP contribution in [0.3, 0.4) is 0 Å². The van der Waals surface area contributed by atoms with Gasteiger partial charge in [-0.05, 0) is 63.8 Å². The number of ether oxygens (including phenoxy) is 1. The maximum Gasteiger partial charge on any atom is 0.573 e. The van der Waals surface area contributed by atoms with Crippen molar-refractivity contribution < 1.29 is 17.9 Å². The normalized spacial score (nSPS) is 15.2. The SMILES string of the molecule is FC(F)(F)Oc1ccc(/C=C2\C=C(c3ccccc3)C=C2c2ccccc2)cc1. The van der Waals surface area contributed by atoms with Gasteiger partial charge in [-0.3, -0.25) is 0 Å². The van der Waals surface area contributed by atoms with Crippen molar-refractivity contribution in [2.24, 2.45) is 0 Å². The lowest BCUT2D eigenvalue weighted by molar-refractivity contribution is -0.274. The Kier molecular flexibility index (Phi) is 5.09. The molecule has 0 amide bonds. The number of hydrogen-bond donors (Lipinski definition) is 0. The zero-order valence-corrected chi connectivity index (χ0v) is 15.4. The molecule has 0 saturated carbocycles. The van der Waals surface area contributed by atoms with Gasteiger partial charge < -0.3 is 4.74 Å². The largest absolute Gasteiger partial charge is 0.573 e. The minimum Gasteiger partial charge on any atom is -0.406 e. The van der Waals surface area contributed by atoms with Crippen LogP contribution in [0.1, 0.15) is 16.7 Å². The Labute approximate surface area is 167 Å². The number of halogens is 3. The third kappa shape index (κ3) is 4.66. The molecule has 1 nitrogen and oxygen atoms in total. The molecule has 0 N–H and O–H groups in total. The highest BCUT2D eigenvalue weighted by Gasteiger charge is 2.30. The van der Waals surface area contributed by atoms with Crippen molar-refractivity contribution in [3.63, 3.8) is 0 Å². The molecular formula is C25H17F3O. The molecule has 1 aliphatic rings. The molecule has 0 radical (unpaired) electrons. The molecule has 4 heteroatoms. The molecule has 0 atom stereocenters. The molecule has 0 aliphatic heterocycles. The Morgan fingerprint density at radius 2 is 1.24 bits per heavy atom. The summed E-state index contributed by atoms with van der Waals surface area (Å²) in [5.74, 6) is -0.231. The highest BCUT2D eigenvalue weighted by molar-refractivity contribution is 6.02. The summed E-state index contributed by atoms with van der Waals surface area (Å²) in [6.07, 6.45) is 1.50. The van der Waals surface area contributed by atoms with Gasteiger partial charge in [0.15, 0.2) is 0 Å². The van der Waals surface area contributed by atoms with Crippen molar-refractivity contribution in [1.29, 1.82) is 0 Å². The van der Waals surface area contributed by atoms with Crippen LogP contribution in [0, 0.1) is 0 Å². The van der Waals surface area contributed by atoms with Crippen molar-refractivity contribution in [2.45, 2.75) is 6.36 Å². The molecule has 0 bridgehead atoms. The summed E-state index contributed by atoms with van der Waals surface area (Å²) < 4.78 is 41.0. The first kappa shape index (κ1) is 18.8. The third-order valence-electron chi connectivity index (χ3n) is 4.55. The molecule has 0 unspecified atom stereocenters. The van der Waals surface area contributed by atoms with Gasteiger partial charge in [0, 0.05) is 0 Å². The highest BCUT2D eigenvalue weighted by Crippen LogP contribution is 2.37. The summed E-state index contributed by atoms with van der Waals surface area (Å²) in [5, 5.41) is 0. The molecule has 144 valence electrons. The lowest BCUT2D eigenvalue weighted by Crippen LogP contribution is -2.16. The van der Waals surface area contributed by atoms with Gasteiger partial charge in [0.05, 0.1) is 0 Å². The van der Waals surface area contributed by atoms with Gasteiger partial charge >= 0.3 is 6.36 Å². The van der Waals surface area contributed by atoms with E-state index in [0.29, 0.717) is 0 Å². The van der Waals surface area contributed by atoms with Crippen molar-refractivity contribution in [1.82, 2.24) is 0 Å². The Morgan fingerprint density at radius 1 is 0.655 bits per heavy atom. The standard InChI is InChI=1S/C25H17F3O/c26-25(27,28)29-23-13-11-18(12-14-23)15-22-16-21(19-7-3-1-4-8-19)17-24(22)20-9-5-2-6-10-20/h1-17H/b22-15+. The van der Waals surface area contributed by atoms with Gasteiger partial charge in [0.1, 0.15) is 5.75 Å². The van der Waals surface area contributed by atoms with E-state index in [1.165, 1.54) is 12.1 Å². The average Bonchev–Trinajstić information content (AvgIpc) is 3.14. The van der Waals surface area contributed by atoms with E-state index >= 15 is 0 Å². The summed E-state index contributed by atoms with van der Waals surface area (Å²) in [6, 6.07) is 26.0. The first-order chi connectivity index (χ1) is 14.0. The minimum absolute atomic E-state index is 0.231. The second kappa shape index (κ2) is 7.84. The van der Waals surface area contributed by atoms with E-state index in [0.717, 1.165) is 33.4 Å². The number of rotatable bonds is 4. The Morgan fingerprint density at radius 3 is 1.83 bits per heavy atom. The van der Waals surface area contributed by atoms with Crippen molar-refractivity contribution in [2.75, 3.05) is 0 Å². The fourth-order valence-electron chi connectivity index (χ4n) is 3.26. The van der Waals surface area contributed by atoms with E-state index < -0.39 is 6.36 Å². The summed E-state index contributed by atoms with van der Waals surface area (Å²) in [4.78, 5) is 0. The summed E-state index contributed by atoms with van der Waals surface area (Å²) >= 11 is 0. The maximum atomic E-state index is 12.4. The van der Waals surface area contributed by atoms with E-state index in [1.54, 1.807) is 12.1 Å². The minimum atomic E-state index is -4.69. The lowest BCUT2D eigenvalue weighted by atomic mass is 9.99. The van der Waals surface area contributed by atoms with E-state index in [2.05, 4.69) is 29.0 Å². The van der Waals surface area contributed by atoms with Crippen LogP contribution < -0.4 is 4.74 Å².